The lowest BCUT2D eigenvalue weighted by Gasteiger charge is -2.23. The normalized spacial score (nSPS) is 30.1. The van der Waals surface area contributed by atoms with Gasteiger partial charge in [0.2, 0.25) is 0 Å². The van der Waals surface area contributed by atoms with Crippen LogP contribution in [-0.4, -0.2) is 31.5 Å². The zero-order chi connectivity index (χ0) is 12.5. The van der Waals surface area contributed by atoms with E-state index in [0.29, 0.717) is 24.3 Å². The maximum atomic E-state index is 12.8. The first kappa shape index (κ1) is 12.6. The molecule has 0 radical (unpaired) electrons. The van der Waals surface area contributed by atoms with Gasteiger partial charge in [-0.25, -0.2) is 0 Å². The minimum absolute atomic E-state index is 0.0227. The summed E-state index contributed by atoms with van der Waals surface area (Å²) in [5.41, 5.74) is 0.0243. The summed E-state index contributed by atoms with van der Waals surface area (Å²) in [4.78, 5) is 3.88. The first-order chi connectivity index (χ1) is 7.97. The molecule has 2 aliphatic heterocycles. The van der Waals surface area contributed by atoms with Crippen LogP contribution in [0.25, 0.3) is 0 Å². The highest BCUT2D eigenvalue weighted by Crippen LogP contribution is 2.35. The molecule has 2 nitrogen and oxygen atoms in total. The van der Waals surface area contributed by atoms with Gasteiger partial charge in [-0.2, -0.15) is 13.2 Å². The summed E-state index contributed by atoms with van der Waals surface area (Å²) in [5.74, 6) is 0.348. The monoisotopic (exact) mass is 246 g/mol. The molecule has 1 N–H and O–H groups in total. The Labute approximate surface area is 99.0 Å². The molecule has 2 aliphatic rings. The van der Waals surface area contributed by atoms with E-state index >= 15 is 0 Å². The lowest BCUT2D eigenvalue weighted by Crippen LogP contribution is -2.23. The number of hydrogen-bond donors (Lipinski definition) is 1. The molecular weight excluding hydrogens is 229 g/mol. The van der Waals surface area contributed by atoms with Crippen molar-refractivity contribution in [2.24, 2.45) is 10.9 Å². The Morgan fingerprint density at radius 3 is 2.82 bits per heavy atom. The Bertz CT molecular complexity index is 338. The summed E-state index contributed by atoms with van der Waals surface area (Å²) < 4.78 is 38.5. The summed E-state index contributed by atoms with van der Waals surface area (Å²) >= 11 is 0. The summed E-state index contributed by atoms with van der Waals surface area (Å²) in [6.07, 6.45) is -1.27. The fraction of sp³-hybridized carbons (Fsp3) is 0.750. The van der Waals surface area contributed by atoms with Gasteiger partial charge in [-0.05, 0) is 45.2 Å². The van der Waals surface area contributed by atoms with Crippen LogP contribution in [0.3, 0.4) is 0 Å². The Hall–Kier alpha value is -0.840. The lowest BCUT2D eigenvalue weighted by atomic mass is 9.89. The van der Waals surface area contributed by atoms with E-state index in [-0.39, 0.29) is 6.04 Å². The number of dihydropyridines is 1. The first-order valence-corrected chi connectivity index (χ1v) is 6.00. The van der Waals surface area contributed by atoms with Crippen molar-refractivity contribution in [3.05, 3.63) is 11.1 Å². The molecule has 2 rings (SSSR count). The minimum Gasteiger partial charge on any atom is -0.316 e. The van der Waals surface area contributed by atoms with Crippen LogP contribution < -0.4 is 5.32 Å². The highest BCUT2D eigenvalue weighted by molar-refractivity contribution is 5.82. The summed E-state index contributed by atoms with van der Waals surface area (Å²) in [6, 6.07) is -0.0227. The van der Waals surface area contributed by atoms with Gasteiger partial charge in [-0.1, -0.05) is 5.57 Å². The summed E-state index contributed by atoms with van der Waals surface area (Å²) in [7, 11) is 0. The van der Waals surface area contributed by atoms with Gasteiger partial charge in [-0.3, -0.25) is 4.99 Å². The molecule has 2 unspecified atom stereocenters. The van der Waals surface area contributed by atoms with Crippen LogP contribution in [0.15, 0.2) is 16.1 Å². The molecule has 0 aromatic carbocycles. The van der Waals surface area contributed by atoms with E-state index in [4.69, 9.17) is 0 Å². The highest BCUT2D eigenvalue weighted by Gasteiger charge is 2.37. The van der Waals surface area contributed by atoms with Crippen LogP contribution in [0.5, 0.6) is 0 Å². The highest BCUT2D eigenvalue weighted by atomic mass is 19.4. The largest absolute Gasteiger partial charge is 0.417 e. The molecule has 0 amide bonds. The van der Waals surface area contributed by atoms with Crippen molar-refractivity contribution in [3.8, 4) is 0 Å². The van der Waals surface area contributed by atoms with E-state index in [1.165, 1.54) is 0 Å². The van der Waals surface area contributed by atoms with Crippen molar-refractivity contribution in [2.45, 2.75) is 38.4 Å². The number of nitrogens with zero attached hydrogens (tertiary/aromatic N) is 1. The third-order valence-corrected chi connectivity index (χ3v) is 3.38. The Balaban J connectivity index is 2.17. The van der Waals surface area contributed by atoms with Crippen molar-refractivity contribution in [1.82, 2.24) is 5.32 Å². The molecule has 0 aromatic heterocycles. The molecule has 0 aliphatic carbocycles. The van der Waals surface area contributed by atoms with E-state index in [1.54, 1.807) is 0 Å². The smallest absolute Gasteiger partial charge is 0.316 e. The van der Waals surface area contributed by atoms with Crippen LogP contribution >= 0.6 is 0 Å². The summed E-state index contributed by atoms with van der Waals surface area (Å²) in [5, 5.41) is 3.19. The number of aliphatic imine (C=N–C) groups is 1. The molecule has 0 saturated carbocycles. The molecule has 2 atom stereocenters. The number of hydrogen-bond acceptors (Lipinski definition) is 2. The van der Waals surface area contributed by atoms with Crippen molar-refractivity contribution in [3.63, 3.8) is 0 Å². The van der Waals surface area contributed by atoms with E-state index < -0.39 is 11.7 Å². The predicted molar refractivity (Wildman–Crippen MR) is 61.2 cm³/mol. The van der Waals surface area contributed by atoms with Crippen LogP contribution in [0.1, 0.15) is 26.2 Å². The van der Waals surface area contributed by atoms with Gasteiger partial charge in [0.15, 0.2) is 0 Å². The molecule has 17 heavy (non-hydrogen) atoms. The molecule has 1 fully saturated rings. The number of allylic oxidation sites excluding steroid dienone is 1. The van der Waals surface area contributed by atoms with Gasteiger partial charge in [0.1, 0.15) is 0 Å². The third kappa shape index (κ3) is 3.09. The second-order valence-corrected chi connectivity index (χ2v) is 4.91. The molecule has 0 spiro atoms. The molecule has 2 heterocycles. The molecule has 5 heteroatoms. The molecule has 0 bridgehead atoms. The van der Waals surface area contributed by atoms with Crippen molar-refractivity contribution < 1.29 is 13.2 Å². The van der Waals surface area contributed by atoms with Crippen LogP contribution in [-0.2, 0) is 0 Å². The number of nitrogens with one attached hydrogen (secondary N) is 1. The molecular formula is C12H17F3N2. The maximum absolute atomic E-state index is 12.8. The average molecular weight is 246 g/mol. The Kier molecular flexibility index (Phi) is 3.56. The Morgan fingerprint density at radius 1 is 1.47 bits per heavy atom. The third-order valence-electron chi connectivity index (χ3n) is 3.38. The minimum atomic E-state index is -4.26. The maximum Gasteiger partial charge on any atom is 0.417 e. The van der Waals surface area contributed by atoms with Gasteiger partial charge in [0, 0.05) is 6.21 Å². The summed E-state index contributed by atoms with van der Waals surface area (Å²) in [6.45, 7) is 3.61. The van der Waals surface area contributed by atoms with E-state index in [0.717, 1.165) is 25.7 Å². The second-order valence-electron chi connectivity index (χ2n) is 4.91. The van der Waals surface area contributed by atoms with E-state index in [9.17, 15) is 13.2 Å². The first-order valence-electron chi connectivity index (χ1n) is 6.00. The fourth-order valence-electron chi connectivity index (χ4n) is 2.52. The van der Waals surface area contributed by atoms with Crippen molar-refractivity contribution >= 4 is 6.21 Å². The lowest BCUT2D eigenvalue weighted by molar-refractivity contribution is -0.0869. The second kappa shape index (κ2) is 4.80. The van der Waals surface area contributed by atoms with Gasteiger partial charge < -0.3 is 5.32 Å². The topological polar surface area (TPSA) is 24.4 Å². The molecule has 96 valence electrons. The Morgan fingerprint density at radius 2 is 2.24 bits per heavy atom. The predicted octanol–water partition coefficient (Wildman–Crippen LogP) is 2.71. The fourth-order valence-corrected chi connectivity index (χ4v) is 2.52. The van der Waals surface area contributed by atoms with E-state index in [1.807, 2.05) is 6.92 Å². The molecule has 0 aromatic rings. The van der Waals surface area contributed by atoms with Crippen LogP contribution in [0, 0.1) is 5.92 Å². The number of alkyl halides is 3. The standard InChI is InChI=1S/C12H17F3N2/c1-8-4-10(5-9-2-3-16-6-9)11(7-17-8)12(13,14)15/h7-9,16H,2-6H2,1H3. The van der Waals surface area contributed by atoms with Crippen molar-refractivity contribution in [1.29, 1.82) is 0 Å². The SMILES string of the molecule is CC1CC(CC2CCNC2)=C(C(F)(F)F)C=N1. The van der Waals surface area contributed by atoms with Crippen LogP contribution in [0.4, 0.5) is 13.2 Å². The number of halogens is 3. The van der Waals surface area contributed by atoms with Gasteiger partial charge in [-0.15, -0.1) is 0 Å². The van der Waals surface area contributed by atoms with Crippen molar-refractivity contribution in [2.75, 3.05) is 13.1 Å². The van der Waals surface area contributed by atoms with Gasteiger partial charge >= 0.3 is 6.18 Å². The number of rotatable bonds is 2. The van der Waals surface area contributed by atoms with Crippen LogP contribution in [0.2, 0.25) is 0 Å². The zero-order valence-corrected chi connectivity index (χ0v) is 9.85. The average Bonchev–Trinajstić information content (AvgIpc) is 2.68. The van der Waals surface area contributed by atoms with E-state index in [2.05, 4.69) is 10.3 Å². The zero-order valence-electron chi connectivity index (χ0n) is 9.85. The van der Waals surface area contributed by atoms with Gasteiger partial charge in [0.25, 0.3) is 0 Å². The quantitative estimate of drug-likeness (QED) is 0.796. The van der Waals surface area contributed by atoms with Gasteiger partial charge in [0.05, 0.1) is 11.6 Å². The molecule has 1 saturated heterocycles.